The van der Waals surface area contributed by atoms with Crippen molar-refractivity contribution < 1.29 is 14.9 Å². The number of carbonyl (C=O) groups is 1. The number of aromatic carboxylic acids is 1. The first-order valence-electron chi connectivity index (χ1n) is 4.40. The van der Waals surface area contributed by atoms with Gasteiger partial charge in [-0.1, -0.05) is 0 Å². The molecule has 0 radical (unpaired) electrons. The predicted molar refractivity (Wildman–Crippen MR) is 57.2 cm³/mol. The summed E-state index contributed by atoms with van der Waals surface area (Å²) in [6.07, 6.45) is 3.65. The van der Waals surface area contributed by atoms with E-state index < -0.39 is 5.97 Å². The van der Waals surface area contributed by atoms with Gasteiger partial charge < -0.3 is 5.11 Å². The SMILES string of the molecule is O=C(O)c1cc2c[nH+]c3[nH]ccc3c2s1. The van der Waals surface area contributed by atoms with Crippen LogP contribution in [0.15, 0.2) is 24.5 Å². The molecule has 3 aromatic heterocycles. The van der Waals surface area contributed by atoms with Gasteiger partial charge >= 0.3 is 5.97 Å². The van der Waals surface area contributed by atoms with Gasteiger partial charge in [0.25, 0.3) is 5.65 Å². The molecule has 0 spiro atoms. The van der Waals surface area contributed by atoms with Crippen molar-refractivity contribution in [3.05, 3.63) is 29.4 Å². The molecular weight excluding hydrogens is 212 g/mol. The van der Waals surface area contributed by atoms with Crippen LogP contribution in [0.25, 0.3) is 21.1 Å². The Bertz CT molecular complexity index is 668. The van der Waals surface area contributed by atoms with Gasteiger partial charge in [-0.25, -0.2) is 14.8 Å². The van der Waals surface area contributed by atoms with E-state index in [2.05, 4.69) is 9.97 Å². The molecule has 0 bridgehead atoms. The van der Waals surface area contributed by atoms with Gasteiger partial charge in [-0.2, -0.15) is 0 Å². The van der Waals surface area contributed by atoms with Crippen molar-refractivity contribution in [1.29, 1.82) is 0 Å². The molecule has 0 aliphatic carbocycles. The molecule has 74 valence electrons. The number of nitrogens with one attached hydrogen (secondary N) is 2. The van der Waals surface area contributed by atoms with Crippen LogP contribution in [-0.2, 0) is 0 Å². The van der Waals surface area contributed by atoms with Crippen LogP contribution in [0.1, 0.15) is 9.67 Å². The molecule has 3 rings (SSSR count). The number of carboxylic acid groups (broad SMARTS) is 1. The van der Waals surface area contributed by atoms with Crippen LogP contribution in [0.2, 0.25) is 0 Å². The van der Waals surface area contributed by atoms with Crippen LogP contribution in [0.3, 0.4) is 0 Å². The average molecular weight is 219 g/mol. The van der Waals surface area contributed by atoms with Crippen LogP contribution >= 0.6 is 11.3 Å². The number of thiophene rings is 1. The number of rotatable bonds is 1. The van der Waals surface area contributed by atoms with Gasteiger partial charge in [-0.3, -0.25) is 0 Å². The standard InChI is InChI=1S/C10H6N2O2S/c13-10(14)7-3-5-4-12-9-6(1-2-11-9)8(5)15-7/h1-4H,(H,11,12)(H,13,14)/p+1. The smallest absolute Gasteiger partial charge is 0.345 e. The minimum absolute atomic E-state index is 0.368. The van der Waals surface area contributed by atoms with Gasteiger partial charge in [0.15, 0.2) is 0 Å². The molecule has 15 heavy (non-hydrogen) atoms. The average Bonchev–Trinajstić information content (AvgIpc) is 2.82. The Labute approximate surface area is 88.2 Å². The van der Waals surface area contributed by atoms with Crippen LogP contribution in [0.5, 0.6) is 0 Å². The second-order valence-electron chi connectivity index (χ2n) is 3.26. The predicted octanol–water partition coefficient (Wildman–Crippen LogP) is 1.89. The molecule has 0 saturated heterocycles. The van der Waals surface area contributed by atoms with E-state index in [1.165, 1.54) is 11.3 Å². The van der Waals surface area contributed by atoms with Gasteiger partial charge in [0, 0.05) is 5.39 Å². The van der Waals surface area contributed by atoms with Gasteiger partial charge in [-0.05, 0) is 12.1 Å². The minimum atomic E-state index is -0.875. The first kappa shape index (κ1) is 8.43. The number of pyridine rings is 1. The maximum Gasteiger partial charge on any atom is 0.345 e. The van der Waals surface area contributed by atoms with Crippen LogP contribution < -0.4 is 4.98 Å². The second kappa shape index (κ2) is 2.80. The third kappa shape index (κ3) is 1.13. The number of hydrogen-bond acceptors (Lipinski definition) is 2. The van der Waals surface area contributed by atoms with E-state index in [-0.39, 0.29) is 0 Å². The molecule has 5 heteroatoms. The molecule has 3 aromatic rings. The Hall–Kier alpha value is -1.88. The number of carboxylic acids is 1. The summed E-state index contributed by atoms with van der Waals surface area (Å²) in [5.74, 6) is -0.875. The monoisotopic (exact) mass is 219 g/mol. The van der Waals surface area contributed by atoms with Gasteiger partial charge in [0.1, 0.15) is 4.88 Å². The number of aromatic amines is 2. The molecule has 0 aromatic carbocycles. The number of hydrogen-bond donors (Lipinski definition) is 2. The van der Waals surface area contributed by atoms with Crippen molar-refractivity contribution in [1.82, 2.24) is 4.98 Å². The maximum absolute atomic E-state index is 10.8. The molecule has 3 N–H and O–H groups in total. The summed E-state index contributed by atoms with van der Waals surface area (Å²) in [5, 5.41) is 10.9. The van der Waals surface area contributed by atoms with E-state index in [9.17, 15) is 4.79 Å². The van der Waals surface area contributed by atoms with E-state index in [1.54, 1.807) is 6.07 Å². The molecule has 0 aliphatic rings. The van der Waals surface area contributed by atoms with E-state index in [1.807, 2.05) is 18.5 Å². The van der Waals surface area contributed by atoms with E-state index in [0.29, 0.717) is 4.88 Å². The zero-order chi connectivity index (χ0) is 10.4. The first-order valence-corrected chi connectivity index (χ1v) is 5.22. The fourth-order valence-electron chi connectivity index (χ4n) is 1.66. The molecule has 4 nitrogen and oxygen atoms in total. The quantitative estimate of drug-likeness (QED) is 0.656. The molecular formula is C10H7N2O2S+. The maximum atomic E-state index is 10.8. The van der Waals surface area contributed by atoms with Crippen molar-refractivity contribution in [3.8, 4) is 0 Å². The van der Waals surface area contributed by atoms with Gasteiger partial charge in [-0.15, -0.1) is 11.3 Å². The van der Waals surface area contributed by atoms with Crippen molar-refractivity contribution >= 4 is 38.4 Å². The van der Waals surface area contributed by atoms with E-state index >= 15 is 0 Å². The van der Waals surface area contributed by atoms with Crippen LogP contribution in [0, 0.1) is 0 Å². The minimum Gasteiger partial charge on any atom is -0.477 e. The Morgan fingerprint density at radius 3 is 3.20 bits per heavy atom. The van der Waals surface area contributed by atoms with Crippen LogP contribution in [-0.4, -0.2) is 16.1 Å². The highest BCUT2D eigenvalue weighted by Gasteiger charge is 2.13. The molecule has 0 amide bonds. The number of fused-ring (bicyclic) bond motifs is 3. The van der Waals surface area contributed by atoms with Crippen LogP contribution in [0.4, 0.5) is 0 Å². The zero-order valence-corrected chi connectivity index (χ0v) is 8.39. The normalized spacial score (nSPS) is 11.2. The lowest BCUT2D eigenvalue weighted by molar-refractivity contribution is -0.345. The van der Waals surface area contributed by atoms with Gasteiger partial charge in [0.2, 0.25) is 0 Å². The van der Waals surface area contributed by atoms with E-state index in [4.69, 9.17) is 5.11 Å². The molecule has 3 heterocycles. The first-order chi connectivity index (χ1) is 7.25. The van der Waals surface area contributed by atoms with E-state index in [0.717, 1.165) is 21.1 Å². The lowest BCUT2D eigenvalue weighted by Crippen LogP contribution is -2.00. The molecule has 0 saturated carbocycles. The summed E-state index contributed by atoms with van der Waals surface area (Å²) in [5.41, 5.74) is 0.918. The lowest BCUT2D eigenvalue weighted by Gasteiger charge is -1.85. The highest BCUT2D eigenvalue weighted by molar-refractivity contribution is 7.21. The Morgan fingerprint density at radius 1 is 1.53 bits per heavy atom. The van der Waals surface area contributed by atoms with Crippen molar-refractivity contribution in [2.75, 3.05) is 0 Å². The summed E-state index contributed by atoms with van der Waals surface area (Å²) >= 11 is 1.30. The molecule has 0 unspecified atom stereocenters. The summed E-state index contributed by atoms with van der Waals surface area (Å²) in [6, 6.07) is 3.63. The van der Waals surface area contributed by atoms with Crippen molar-refractivity contribution in [2.45, 2.75) is 0 Å². The topological polar surface area (TPSA) is 67.2 Å². The fraction of sp³-hybridized carbons (Fsp3) is 0. The zero-order valence-electron chi connectivity index (χ0n) is 7.57. The Kier molecular flexibility index (Phi) is 1.58. The molecule has 0 aliphatic heterocycles. The summed E-state index contributed by atoms with van der Waals surface area (Å²) in [7, 11) is 0. The highest BCUT2D eigenvalue weighted by atomic mass is 32.1. The number of aromatic nitrogens is 2. The molecule has 0 fully saturated rings. The van der Waals surface area contributed by atoms with Crippen molar-refractivity contribution in [3.63, 3.8) is 0 Å². The summed E-state index contributed by atoms with van der Waals surface area (Å²) in [4.78, 5) is 17.3. The summed E-state index contributed by atoms with van der Waals surface area (Å²) in [6.45, 7) is 0. The van der Waals surface area contributed by atoms with Crippen molar-refractivity contribution in [2.24, 2.45) is 0 Å². The fourth-order valence-corrected chi connectivity index (χ4v) is 2.67. The third-order valence-electron chi connectivity index (χ3n) is 2.34. The Balaban J connectivity index is 2.46. The molecule has 0 atom stereocenters. The van der Waals surface area contributed by atoms with Gasteiger partial charge in [0.05, 0.1) is 22.5 Å². The number of H-pyrrole nitrogens is 2. The highest BCUT2D eigenvalue weighted by Crippen LogP contribution is 2.29. The summed E-state index contributed by atoms with van der Waals surface area (Å²) < 4.78 is 1.00. The Morgan fingerprint density at radius 2 is 2.40 bits per heavy atom. The lowest BCUT2D eigenvalue weighted by atomic mass is 10.2. The third-order valence-corrected chi connectivity index (χ3v) is 3.51. The largest absolute Gasteiger partial charge is 0.477 e. The second-order valence-corrected chi connectivity index (χ2v) is 4.31.